The summed E-state index contributed by atoms with van der Waals surface area (Å²) in [6, 6.07) is 16.5. The SMILES string of the molecule is COc1ccc(-c2ccc3c(c2)C[C@@H](CNC(=O)[C@H](C)Oc2cccc(Cl)c2)O3)nn1. The molecule has 0 aliphatic carbocycles. The molecular weight excluding hydrogens is 418 g/mol. The Balaban J connectivity index is 1.32. The van der Waals surface area contributed by atoms with Crippen LogP contribution in [0.2, 0.25) is 5.02 Å². The quantitative estimate of drug-likeness (QED) is 0.604. The van der Waals surface area contributed by atoms with Crippen LogP contribution in [0.1, 0.15) is 12.5 Å². The van der Waals surface area contributed by atoms with Gasteiger partial charge >= 0.3 is 0 Å². The number of fused-ring (bicyclic) bond motifs is 1. The van der Waals surface area contributed by atoms with Crippen LogP contribution < -0.4 is 19.5 Å². The van der Waals surface area contributed by atoms with Crippen LogP contribution >= 0.6 is 11.6 Å². The van der Waals surface area contributed by atoms with E-state index in [0.29, 0.717) is 29.6 Å². The Kier molecular flexibility index (Phi) is 6.23. The molecule has 160 valence electrons. The van der Waals surface area contributed by atoms with Crippen LogP contribution in [0.5, 0.6) is 17.4 Å². The van der Waals surface area contributed by atoms with Gasteiger partial charge in [-0.15, -0.1) is 10.2 Å². The number of aromatic nitrogens is 2. The second-order valence-corrected chi connectivity index (χ2v) is 7.63. The number of nitrogens with one attached hydrogen (secondary N) is 1. The van der Waals surface area contributed by atoms with Gasteiger partial charge in [0, 0.05) is 23.1 Å². The third kappa shape index (κ3) is 5.06. The number of benzene rings is 2. The highest BCUT2D eigenvalue weighted by molar-refractivity contribution is 6.30. The van der Waals surface area contributed by atoms with Gasteiger partial charge in [-0.05, 0) is 55.0 Å². The summed E-state index contributed by atoms with van der Waals surface area (Å²) in [7, 11) is 1.56. The molecule has 1 aliphatic rings. The third-order valence-corrected chi connectivity index (χ3v) is 5.16. The Morgan fingerprint density at radius 3 is 2.84 bits per heavy atom. The van der Waals surface area contributed by atoms with Crippen LogP contribution in [0.15, 0.2) is 54.6 Å². The van der Waals surface area contributed by atoms with Crippen LogP contribution in [0.3, 0.4) is 0 Å². The Bertz CT molecular complexity index is 1070. The van der Waals surface area contributed by atoms with Gasteiger partial charge in [-0.3, -0.25) is 4.79 Å². The molecular formula is C23H22ClN3O4. The molecule has 0 spiro atoms. The van der Waals surface area contributed by atoms with Crippen molar-refractivity contribution in [2.45, 2.75) is 25.6 Å². The minimum Gasteiger partial charge on any atom is -0.488 e. The molecule has 1 amide bonds. The number of hydrogen-bond donors (Lipinski definition) is 1. The first-order valence-electron chi connectivity index (χ1n) is 9.89. The molecule has 0 saturated carbocycles. The van der Waals surface area contributed by atoms with E-state index in [4.69, 9.17) is 25.8 Å². The summed E-state index contributed by atoms with van der Waals surface area (Å²) < 4.78 is 16.7. The zero-order valence-corrected chi connectivity index (χ0v) is 17.9. The van der Waals surface area contributed by atoms with Gasteiger partial charge in [-0.2, -0.15) is 0 Å². The van der Waals surface area contributed by atoms with Crippen molar-refractivity contribution in [1.29, 1.82) is 0 Å². The zero-order chi connectivity index (χ0) is 21.8. The molecule has 0 saturated heterocycles. The van der Waals surface area contributed by atoms with Crippen LogP contribution in [0.25, 0.3) is 11.3 Å². The van der Waals surface area contributed by atoms with Crippen molar-refractivity contribution in [1.82, 2.24) is 15.5 Å². The molecule has 2 heterocycles. The van der Waals surface area contributed by atoms with E-state index >= 15 is 0 Å². The second-order valence-electron chi connectivity index (χ2n) is 7.19. The first-order chi connectivity index (χ1) is 15.0. The molecule has 7 nitrogen and oxygen atoms in total. The third-order valence-electron chi connectivity index (χ3n) is 4.93. The van der Waals surface area contributed by atoms with Gasteiger partial charge in [-0.1, -0.05) is 17.7 Å². The number of rotatable bonds is 7. The fraction of sp³-hybridized carbons (Fsp3) is 0.261. The van der Waals surface area contributed by atoms with Crippen molar-refractivity contribution in [2.24, 2.45) is 0 Å². The maximum Gasteiger partial charge on any atom is 0.260 e. The first-order valence-corrected chi connectivity index (χ1v) is 10.3. The van der Waals surface area contributed by atoms with Gasteiger partial charge in [0.15, 0.2) is 6.10 Å². The molecule has 1 aromatic heterocycles. The highest BCUT2D eigenvalue weighted by Crippen LogP contribution is 2.32. The number of carbonyl (C=O) groups is 1. The number of nitrogens with zero attached hydrogens (tertiary/aromatic N) is 2. The average molecular weight is 440 g/mol. The molecule has 0 radical (unpaired) electrons. The number of methoxy groups -OCH3 is 1. The molecule has 8 heteroatoms. The van der Waals surface area contributed by atoms with Gasteiger partial charge < -0.3 is 19.5 Å². The number of ether oxygens (including phenoxy) is 3. The number of hydrogen-bond acceptors (Lipinski definition) is 6. The van der Waals surface area contributed by atoms with Gasteiger partial charge in [0.2, 0.25) is 5.88 Å². The van der Waals surface area contributed by atoms with Crippen LogP contribution in [-0.4, -0.2) is 42.0 Å². The molecule has 0 fully saturated rings. The molecule has 1 aliphatic heterocycles. The van der Waals surface area contributed by atoms with E-state index in [0.717, 1.165) is 22.6 Å². The Morgan fingerprint density at radius 2 is 2.10 bits per heavy atom. The summed E-state index contributed by atoms with van der Waals surface area (Å²) in [6.45, 7) is 2.08. The van der Waals surface area contributed by atoms with Gasteiger partial charge in [-0.25, -0.2) is 0 Å². The summed E-state index contributed by atoms with van der Waals surface area (Å²) in [5.41, 5.74) is 2.77. The molecule has 0 unspecified atom stereocenters. The normalized spacial score (nSPS) is 15.5. The second kappa shape index (κ2) is 9.22. The predicted octanol–water partition coefficient (Wildman–Crippen LogP) is 3.69. The van der Waals surface area contributed by atoms with E-state index in [1.54, 1.807) is 44.4 Å². The average Bonchev–Trinajstić information content (AvgIpc) is 3.19. The lowest BCUT2D eigenvalue weighted by molar-refractivity contribution is -0.127. The topological polar surface area (TPSA) is 82.6 Å². The molecule has 2 atom stereocenters. The lowest BCUT2D eigenvalue weighted by atomic mass is 10.0. The summed E-state index contributed by atoms with van der Waals surface area (Å²) in [5, 5.41) is 11.7. The molecule has 1 N–H and O–H groups in total. The van der Waals surface area contributed by atoms with E-state index in [1.165, 1.54) is 0 Å². The molecule has 0 bridgehead atoms. The number of amides is 1. The molecule has 4 rings (SSSR count). The highest BCUT2D eigenvalue weighted by Gasteiger charge is 2.25. The van der Waals surface area contributed by atoms with Crippen molar-refractivity contribution >= 4 is 17.5 Å². The summed E-state index contributed by atoms with van der Waals surface area (Å²) in [4.78, 5) is 12.4. The number of halogens is 1. The maximum atomic E-state index is 12.4. The van der Waals surface area contributed by atoms with Crippen LogP contribution in [-0.2, 0) is 11.2 Å². The molecule has 3 aromatic rings. The van der Waals surface area contributed by atoms with Gasteiger partial charge in [0.25, 0.3) is 5.91 Å². The van der Waals surface area contributed by atoms with Crippen molar-refractivity contribution < 1.29 is 19.0 Å². The van der Waals surface area contributed by atoms with Crippen molar-refractivity contribution in [3.8, 4) is 28.6 Å². The summed E-state index contributed by atoms with van der Waals surface area (Å²) in [5.74, 6) is 1.62. The first kappa shape index (κ1) is 20.9. The monoisotopic (exact) mass is 439 g/mol. The van der Waals surface area contributed by atoms with Crippen molar-refractivity contribution in [2.75, 3.05) is 13.7 Å². The van der Waals surface area contributed by atoms with E-state index in [-0.39, 0.29) is 12.0 Å². The fourth-order valence-corrected chi connectivity index (χ4v) is 3.51. The maximum absolute atomic E-state index is 12.4. The highest BCUT2D eigenvalue weighted by atomic mass is 35.5. The summed E-state index contributed by atoms with van der Waals surface area (Å²) in [6.07, 6.45) is -0.103. The Labute approximate surface area is 185 Å². The van der Waals surface area contributed by atoms with Crippen LogP contribution in [0, 0.1) is 0 Å². The minimum atomic E-state index is -0.650. The number of carbonyl (C=O) groups excluding carboxylic acids is 1. The zero-order valence-electron chi connectivity index (χ0n) is 17.2. The minimum absolute atomic E-state index is 0.144. The summed E-state index contributed by atoms with van der Waals surface area (Å²) >= 11 is 5.95. The van der Waals surface area contributed by atoms with Crippen LogP contribution in [0.4, 0.5) is 0 Å². The fourth-order valence-electron chi connectivity index (χ4n) is 3.33. The van der Waals surface area contributed by atoms with E-state index < -0.39 is 6.10 Å². The standard InChI is InChI=1S/C23H22ClN3O4/c1-14(30-18-5-3-4-17(24)12-18)23(28)25-13-19-11-16-10-15(6-8-21(16)31-19)20-7-9-22(29-2)27-26-20/h3-10,12,14,19H,11,13H2,1-2H3,(H,25,28)/t14-,19-/m0/s1. The van der Waals surface area contributed by atoms with Gasteiger partial charge in [0.1, 0.15) is 17.6 Å². The predicted molar refractivity (Wildman–Crippen MR) is 117 cm³/mol. The Morgan fingerprint density at radius 1 is 1.23 bits per heavy atom. The van der Waals surface area contributed by atoms with Crippen molar-refractivity contribution in [3.63, 3.8) is 0 Å². The van der Waals surface area contributed by atoms with E-state index in [9.17, 15) is 4.79 Å². The lowest BCUT2D eigenvalue weighted by Gasteiger charge is -2.17. The molecule has 2 aromatic carbocycles. The van der Waals surface area contributed by atoms with Crippen molar-refractivity contribution in [3.05, 3.63) is 65.2 Å². The lowest BCUT2D eigenvalue weighted by Crippen LogP contribution is -2.41. The Hall–Kier alpha value is -3.32. The van der Waals surface area contributed by atoms with E-state index in [2.05, 4.69) is 15.5 Å². The van der Waals surface area contributed by atoms with Gasteiger partial charge in [0.05, 0.1) is 19.3 Å². The molecule has 31 heavy (non-hydrogen) atoms. The smallest absolute Gasteiger partial charge is 0.260 e. The van der Waals surface area contributed by atoms with E-state index in [1.807, 2.05) is 24.3 Å². The largest absolute Gasteiger partial charge is 0.488 e.